The van der Waals surface area contributed by atoms with Crippen LogP contribution in [0.25, 0.3) is 0 Å². The summed E-state index contributed by atoms with van der Waals surface area (Å²) in [6, 6.07) is 0. The topological polar surface area (TPSA) is 62.2 Å². The van der Waals surface area contributed by atoms with Crippen LogP contribution in [-0.4, -0.2) is 36.4 Å². The van der Waals surface area contributed by atoms with Crippen LogP contribution in [0.4, 0.5) is 5.69 Å². The van der Waals surface area contributed by atoms with Gasteiger partial charge >= 0.3 is 0 Å². The summed E-state index contributed by atoms with van der Waals surface area (Å²) in [7, 11) is 0. The maximum Gasteiger partial charge on any atom is 0.285 e. The number of quaternary nitrogens is 1. The zero-order valence-electron chi connectivity index (χ0n) is 10.3. The fourth-order valence-electron chi connectivity index (χ4n) is 1.67. The highest BCUT2D eigenvalue weighted by atomic mass is 35.5. The first-order chi connectivity index (χ1) is 8.19. The highest BCUT2D eigenvalue weighted by Gasteiger charge is 2.05. The average Bonchev–Trinajstić information content (AvgIpc) is 2.34. The molecule has 0 saturated heterocycles. The summed E-state index contributed by atoms with van der Waals surface area (Å²) in [6.45, 7) is 8.57. The van der Waals surface area contributed by atoms with E-state index in [1.54, 1.807) is 4.90 Å². The highest BCUT2D eigenvalue weighted by molar-refractivity contribution is 6.32. The van der Waals surface area contributed by atoms with Crippen molar-refractivity contribution in [2.75, 3.05) is 31.5 Å². The lowest BCUT2D eigenvalue weighted by molar-refractivity contribution is -0.896. The second-order valence-corrected chi connectivity index (χ2v) is 4.29. The number of hydrogen-bond acceptors (Lipinski definition) is 3. The van der Waals surface area contributed by atoms with Crippen molar-refractivity contribution in [1.82, 2.24) is 10.2 Å². The Balaban J connectivity index is 2.36. The van der Waals surface area contributed by atoms with E-state index in [1.165, 1.54) is 6.20 Å². The zero-order chi connectivity index (χ0) is 12.7. The molecule has 1 rings (SSSR count). The molecule has 0 aliphatic rings. The van der Waals surface area contributed by atoms with E-state index < -0.39 is 0 Å². The van der Waals surface area contributed by atoms with Gasteiger partial charge in [0.25, 0.3) is 5.56 Å². The number of nitrogens with zero attached hydrogens (tertiary/aromatic N) is 1. The van der Waals surface area contributed by atoms with E-state index in [-0.39, 0.29) is 10.6 Å². The van der Waals surface area contributed by atoms with Gasteiger partial charge in [-0.2, -0.15) is 5.10 Å². The lowest BCUT2D eigenvalue weighted by atomic mass is 10.3. The Labute approximate surface area is 106 Å². The van der Waals surface area contributed by atoms with E-state index in [0.29, 0.717) is 5.69 Å². The SMILES string of the molecule is CC[NH+](CC)CCCNc1cn[nH]c(=O)c1Cl. The average molecular weight is 260 g/mol. The maximum absolute atomic E-state index is 11.2. The van der Waals surface area contributed by atoms with Gasteiger partial charge in [0, 0.05) is 13.0 Å². The minimum absolute atomic E-state index is 0.176. The van der Waals surface area contributed by atoms with Gasteiger partial charge in [-0.3, -0.25) is 4.79 Å². The van der Waals surface area contributed by atoms with Gasteiger partial charge in [-0.15, -0.1) is 0 Å². The predicted octanol–water partition coefficient (Wildman–Crippen LogP) is 0.150. The molecule has 0 aliphatic carbocycles. The van der Waals surface area contributed by atoms with Crippen LogP contribution in [-0.2, 0) is 0 Å². The normalized spacial score (nSPS) is 10.8. The Hall–Kier alpha value is -1.07. The number of anilines is 1. The van der Waals surface area contributed by atoms with Crippen molar-refractivity contribution in [1.29, 1.82) is 0 Å². The van der Waals surface area contributed by atoms with Gasteiger partial charge in [-0.1, -0.05) is 11.6 Å². The van der Waals surface area contributed by atoms with Crippen molar-refractivity contribution in [3.63, 3.8) is 0 Å². The molecule has 0 aliphatic heterocycles. The van der Waals surface area contributed by atoms with Crippen molar-refractivity contribution in [3.05, 3.63) is 21.6 Å². The van der Waals surface area contributed by atoms with Crippen LogP contribution >= 0.6 is 11.6 Å². The van der Waals surface area contributed by atoms with Gasteiger partial charge in [-0.25, -0.2) is 5.10 Å². The third kappa shape index (κ3) is 4.36. The van der Waals surface area contributed by atoms with Gasteiger partial charge in [0.15, 0.2) is 0 Å². The van der Waals surface area contributed by atoms with Crippen LogP contribution in [0.2, 0.25) is 5.02 Å². The molecule has 0 spiro atoms. The maximum atomic E-state index is 11.2. The molecule has 17 heavy (non-hydrogen) atoms. The Morgan fingerprint density at radius 3 is 2.82 bits per heavy atom. The molecule has 0 atom stereocenters. The molecule has 3 N–H and O–H groups in total. The van der Waals surface area contributed by atoms with E-state index in [2.05, 4.69) is 29.4 Å². The van der Waals surface area contributed by atoms with Crippen LogP contribution in [0.5, 0.6) is 0 Å². The van der Waals surface area contributed by atoms with E-state index in [4.69, 9.17) is 11.6 Å². The van der Waals surface area contributed by atoms with E-state index in [1.807, 2.05) is 0 Å². The van der Waals surface area contributed by atoms with Crippen LogP contribution in [0.3, 0.4) is 0 Å². The van der Waals surface area contributed by atoms with E-state index in [9.17, 15) is 4.79 Å². The second-order valence-electron chi connectivity index (χ2n) is 3.91. The summed E-state index contributed by atoms with van der Waals surface area (Å²) < 4.78 is 0. The van der Waals surface area contributed by atoms with Crippen molar-refractivity contribution in [2.45, 2.75) is 20.3 Å². The lowest BCUT2D eigenvalue weighted by Gasteiger charge is -2.15. The molecule has 0 saturated carbocycles. The number of aromatic amines is 1. The molecular weight excluding hydrogens is 240 g/mol. The molecule has 6 heteroatoms. The Morgan fingerprint density at radius 1 is 1.47 bits per heavy atom. The number of rotatable bonds is 7. The van der Waals surface area contributed by atoms with E-state index >= 15 is 0 Å². The van der Waals surface area contributed by atoms with Crippen molar-refractivity contribution < 1.29 is 4.90 Å². The molecule has 0 fully saturated rings. The fourth-order valence-corrected chi connectivity index (χ4v) is 1.83. The quantitative estimate of drug-likeness (QED) is 0.611. The summed E-state index contributed by atoms with van der Waals surface area (Å²) in [5.41, 5.74) is 0.246. The molecule has 0 radical (unpaired) electrons. The summed E-state index contributed by atoms with van der Waals surface area (Å²) in [5.74, 6) is 0. The highest BCUT2D eigenvalue weighted by Crippen LogP contribution is 2.13. The minimum atomic E-state index is -0.356. The largest absolute Gasteiger partial charge is 0.382 e. The first-order valence-electron chi connectivity index (χ1n) is 5.99. The molecule has 96 valence electrons. The number of halogens is 1. The van der Waals surface area contributed by atoms with E-state index in [0.717, 1.165) is 32.6 Å². The van der Waals surface area contributed by atoms with Gasteiger partial charge in [0.2, 0.25) is 0 Å². The number of H-pyrrole nitrogens is 1. The molecule has 0 aromatic carbocycles. The van der Waals surface area contributed by atoms with Crippen LogP contribution in [0.1, 0.15) is 20.3 Å². The monoisotopic (exact) mass is 259 g/mol. The number of aromatic nitrogens is 2. The zero-order valence-corrected chi connectivity index (χ0v) is 11.1. The summed E-state index contributed by atoms with van der Waals surface area (Å²) in [4.78, 5) is 12.8. The number of hydrogen-bond donors (Lipinski definition) is 3. The molecular formula is C11H20ClN4O+. The molecule has 5 nitrogen and oxygen atoms in total. The summed E-state index contributed by atoms with van der Waals surface area (Å²) in [5, 5.41) is 9.29. The van der Waals surface area contributed by atoms with Gasteiger partial charge in [-0.05, 0) is 13.8 Å². The molecule has 0 amide bonds. The Bertz CT molecular complexity index is 389. The lowest BCUT2D eigenvalue weighted by Crippen LogP contribution is -3.11. The Morgan fingerprint density at radius 2 is 2.18 bits per heavy atom. The standard InChI is InChI=1S/C11H19ClN4O/c1-3-16(4-2)7-5-6-13-9-8-14-15-11(17)10(9)12/h8H,3-7H2,1-2H3,(H2,13,15,17)/p+1. The van der Waals surface area contributed by atoms with Crippen LogP contribution in [0.15, 0.2) is 11.0 Å². The first-order valence-corrected chi connectivity index (χ1v) is 6.37. The molecule has 1 aromatic heterocycles. The second kappa shape index (κ2) is 7.29. The number of nitrogens with one attached hydrogen (secondary N) is 3. The third-order valence-electron chi connectivity index (χ3n) is 2.82. The summed E-state index contributed by atoms with van der Waals surface area (Å²) in [6.07, 6.45) is 2.58. The van der Waals surface area contributed by atoms with Gasteiger partial charge in [0.05, 0.1) is 31.5 Å². The smallest absolute Gasteiger partial charge is 0.285 e. The Kier molecular flexibility index (Phi) is 6.00. The first kappa shape index (κ1) is 14.0. The van der Waals surface area contributed by atoms with Crippen LogP contribution < -0.4 is 15.8 Å². The van der Waals surface area contributed by atoms with Crippen molar-refractivity contribution in [3.8, 4) is 0 Å². The summed E-state index contributed by atoms with van der Waals surface area (Å²) >= 11 is 5.84. The molecule has 0 unspecified atom stereocenters. The van der Waals surface area contributed by atoms with Crippen LogP contribution in [0, 0.1) is 0 Å². The molecule has 1 aromatic rings. The third-order valence-corrected chi connectivity index (χ3v) is 3.19. The predicted molar refractivity (Wildman–Crippen MR) is 69.9 cm³/mol. The van der Waals surface area contributed by atoms with Crippen molar-refractivity contribution in [2.24, 2.45) is 0 Å². The molecule has 0 bridgehead atoms. The van der Waals surface area contributed by atoms with Gasteiger partial charge < -0.3 is 10.2 Å². The molecule has 1 heterocycles. The fraction of sp³-hybridized carbons (Fsp3) is 0.636. The minimum Gasteiger partial charge on any atom is -0.382 e. The van der Waals surface area contributed by atoms with Crippen molar-refractivity contribution >= 4 is 17.3 Å². The van der Waals surface area contributed by atoms with Gasteiger partial charge in [0.1, 0.15) is 5.02 Å².